The van der Waals surface area contributed by atoms with E-state index in [1.807, 2.05) is 0 Å². The fourth-order valence-electron chi connectivity index (χ4n) is 1.27. The van der Waals surface area contributed by atoms with Gasteiger partial charge in [0.2, 0.25) is 0 Å². The van der Waals surface area contributed by atoms with Crippen molar-refractivity contribution in [1.82, 2.24) is 0 Å². The molecule has 1 rings (SSSR count). The molecule has 0 aliphatic heterocycles. The van der Waals surface area contributed by atoms with Crippen molar-refractivity contribution in [2.75, 3.05) is 13.2 Å². The molecule has 0 unspecified atom stereocenters. The van der Waals surface area contributed by atoms with E-state index in [0.29, 0.717) is 15.6 Å². The van der Waals surface area contributed by atoms with Gasteiger partial charge in [-0.1, -0.05) is 40.9 Å². The first-order valence-electron chi connectivity index (χ1n) is 5.80. The molecular formula is C12H14Cl3O4P. The van der Waals surface area contributed by atoms with E-state index < -0.39 is 7.82 Å². The lowest BCUT2D eigenvalue weighted by atomic mass is 10.2. The largest absolute Gasteiger partial charge is 0.529 e. The highest BCUT2D eigenvalue weighted by molar-refractivity contribution is 7.48. The molecule has 0 fully saturated rings. The molecule has 0 spiro atoms. The summed E-state index contributed by atoms with van der Waals surface area (Å²) in [5.41, 5.74) is 0.497. The average molecular weight is 360 g/mol. The van der Waals surface area contributed by atoms with Gasteiger partial charge in [-0.05, 0) is 26.0 Å². The Hall–Kier alpha value is -0.220. The number of hydrogen-bond acceptors (Lipinski definition) is 4. The summed E-state index contributed by atoms with van der Waals surface area (Å²) in [6.45, 7) is 3.72. The van der Waals surface area contributed by atoms with Gasteiger partial charge >= 0.3 is 7.82 Å². The molecule has 0 radical (unpaired) electrons. The Bertz CT molecular complexity index is 523. The zero-order valence-corrected chi connectivity index (χ0v) is 14.1. The molecule has 0 aromatic heterocycles. The third-order valence-electron chi connectivity index (χ3n) is 2.05. The summed E-state index contributed by atoms with van der Waals surface area (Å²) in [6, 6.07) is 4.79. The van der Waals surface area contributed by atoms with Gasteiger partial charge in [-0.15, -0.1) is 0 Å². The molecule has 0 N–H and O–H groups in total. The maximum absolute atomic E-state index is 12.1. The van der Waals surface area contributed by atoms with Crippen molar-refractivity contribution in [3.8, 4) is 0 Å². The van der Waals surface area contributed by atoms with Crippen LogP contribution in [0, 0.1) is 0 Å². The number of phosphoric acid groups is 1. The van der Waals surface area contributed by atoms with Crippen LogP contribution in [0.15, 0.2) is 24.5 Å². The highest BCUT2D eigenvalue weighted by Crippen LogP contribution is 2.50. The maximum Gasteiger partial charge on any atom is 0.529 e. The number of rotatable bonds is 7. The Balaban J connectivity index is 2.90. The molecule has 0 aliphatic carbocycles. The summed E-state index contributed by atoms with van der Waals surface area (Å²) in [7, 11) is -3.65. The van der Waals surface area contributed by atoms with Crippen LogP contribution in [0.3, 0.4) is 0 Å². The normalized spacial score (nSPS) is 12.6. The number of benzene rings is 1. The van der Waals surface area contributed by atoms with Gasteiger partial charge < -0.3 is 4.52 Å². The van der Waals surface area contributed by atoms with Crippen LogP contribution in [-0.2, 0) is 18.1 Å². The van der Waals surface area contributed by atoms with E-state index in [0.717, 1.165) is 6.26 Å². The van der Waals surface area contributed by atoms with Crippen LogP contribution in [0.1, 0.15) is 19.4 Å². The van der Waals surface area contributed by atoms with Crippen molar-refractivity contribution in [1.29, 1.82) is 0 Å². The molecule has 0 saturated heterocycles. The summed E-state index contributed by atoms with van der Waals surface area (Å²) in [6.07, 6.45) is 1.09. The van der Waals surface area contributed by atoms with Gasteiger partial charge in [0.1, 0.15) is 6.26 Å². The summed E-state index contributed by atoms with van der Waals surface area (Å²) in [5.74, 6) is 0. The molecule has 4 nitrogen and oxygen atoms in total. The summed E-state index contributed by atoms with van der Waals surface area (Å²) in [4.78, 5) is 0. The van der Waals surface area contributed by atoms with Crippen molar-refractivity contribution < 1.29 is 18.1 Å². The van der Waals surface area contributed by atoms with Crippen LogP contribution in [0.2, 0.25) is 10.0 Å². The van der Waals surface area contributed by atoms with Crippen molar-refractivity contribution in [3.05, 3.63) is 40.1 Å². The molecule has 20 heavy (non-hydrogen) atoms. The van der Waals surface area contributed by atoms with Gasteiger partial charge in [0.05, 0.1) is 23.3 Å². The van der Waals surface area contributed by atoms with Crippen molar-refractivity contribution >= 4 is 47.7 Å². The first-order chi connectivity index (χ1) is 9.41. The number of hydrogen-bond donors (Lipinski definition) is 0. The highest BCUT2D eigenvalue weighted by atomic mass is 35.5. The smallest absolute Gasteiger partial charge is 0.410 e. The first kappa shape index (κ1) is 17.8. The van der Waals surface area contributed by atoms with Gasteiger partial charge in [0.25, 0.3) is 0 Å². The fraction of sp³-hybridized carbons (Fsp3) is 0.333. The van der Waals surface area contributed by atoms with Crippen molar-refractivity contribution in [3.63, 3.8) is 0 Å². The van der Waals surface area contributed by atoms with Crippen LogP contribution in [0.5, 0.6) is 0 Å². The van der Waals surface area contributed by atoms with E-state index in [2.05, 4.69) is 0 Å². The Labute approximate surface area is 133 Å². The Morgan fingerprint density at radius 1 is 1.25 bits per heavy atom. The van der Waals surface area contributed by atoms with Gasteiger partial charge in [0, 0.05) is 10.6 Å². The third-order valence-corrected chi connectivity index (χ3v) is 4.40. The number of halogens is 3. The monoisotopic (exact) mass is 358 g/mol. The average Bonchev–Trinajstić information content (AvgIpc) is 2.37. The van der Waals surface area contributed by atoms with Crippen molar-refractivity contribution in [2.24, 2.45) is 0 Å². The molecule has 0 aliphatic rings. The summed E-state index contributed by atoms with van der Waals surface area (Å²) >= 11 is 17.8. The second kappa shape index (κ2) is 8.28. The maximum atomic E-state index is 12.1. The topological polar surface area (TPSA) is 44.8 Å². The zero-order chi connectivity index (χ0) is 15.2. The predicted octanol–water partition coefficient (Wildman–Crippen LogP) is 5.73. The lowest BCUT2D eigenvalue weighted by Gasteiger charge is -2.15. The summed E-state index contributed by atoms with van der Waals surface area (Å²) < 4.78 is 27.0. The fourth-order valence-corrected chi connectivity index (χ4v) is 3.17. The summed E-state index contributed by atoms with van der Waals surface area (Å²) in [5, 5.41) is 0.995. The van der Waals surface area contributed by atoms with Gasteiger partial charge in [-0.3, -0.25) is 9.05 Å². The Morgan fingerprint density at radius 3 is 2.35 bits per heavy atom. The zero-order valence-electron chi connectivity index (χ0n) is 10.9. The standard InChI is InChI=1S/C12H14Cl3O4P/c1-3-17-20(16,18-4-2)19-8-12(15)10-6-5-9(13)7-11(10)14/h5-8H,3-4H2,1-2H3/b12-8-. The molecule has 112 valence electrons. The molecule has 1 aromatic rings. The molecule has 1 aromatic carbocycles. The molecule has 0 saturated carbocycles. The van der Waals surface area contributed by atoms with E-state index in [4.69, 9.17) is 48.4 Å². The van der Waals surface area contributed by atoms with E-state index in [1.165, 1.54) is 0 Å². The Kier molecular flexibility index (Phi) is 7.38. The first-order valence-corrected chi connectivity index (χ1v) is 8.40. The molecule has 0 atom stereocenters. The van der Waals surface area contributed by atoms with Crippen LogP contribution < -0.4 is 0 Å². The van der Waals surface area contributed by atoms with E-state index in [1.54, 1.807) is 32.0 Å². The minimum Gasteiger partial charge on any atom is -0.410 e. The van der Waals surface area contributed by atoms with Crippen LogP contribution >= 0.6 is 42.6 Å². The highest BCUT2D eigenvalue weighted by Gasteiger charge is 2.25. The SMILES string of the molecule is CCOP(=O)(O/C=C(\Cl)c1ccc(Cl)cc1Cl)OCC. The molecule has 0 bridgehead atoms. The van der Waals surface area contributed by atoms with Gasteiger partial charge in [-0.25, -0.2) is 4.57 Å². The quantitative estimate of drug-likeness (QED) is 0.461. The lowest BCUT2D eigenvalue weighted by Crippen LogP contribution is -1.97. The van der Waals surface area contributed by atoms with E-state index >= 15 is 0 Å². The minimum absolute atomic E-state index is 0.159. The lowest BCUT2D eigenvalue weighted by molar-refractivity contribution is 0.154. The van der Waals surface area contributed by atoms with Gasteiger partial charge in [-0.2, -0.15) is 0 Å². The third kappa shape index (κ3) is 5.28. The van der Waals surface area contributed by atoms with E-state index in [9.17, 15) is 4.57 Å². The van der Waals surface area contributed by atoms with Crippen LogP contribution in [0.4, 0.5) is 0 Å². The van der Waals surface area contributed by atoms with Crippen molar-refractivity contribution in [2.45, 2.75) is 13.8 Å². The molecular weight excluding hydrogens is 345 g/mol. The van der Waals surface area contributed by atoms with E-state index in [-0.39, 0.29) is 18.2 Å². The molecule has 8 heteroatoms. The minimum atomic E-state index is -3.65. The Morgan fingerprint density at radius 2 is 1.85 bits per heavy atom. The molecule has 0 heterocycles. The second-order valence-corrected chi connectivity index (χ2v) is 6.35. The predicted molar refractivity (Wildman–Crippen MR) is 82.2 cm³/mol. The van der Waals surface area contributed by atoms with Crippen LogP contribution in [-0.4, -0.2) is 13.2 Å². The number of phosphoric ester groups is 1. The molecule has 0 amide bonds. The van der Waals surface area contributed by atoms with Gasteiger partial charge in [0.15, 0.2) is 0 Å². The second-order valence-electron chi connectivity index (χ2n) is 3.48. The van der Waals surface area contributed by atoms with Crippen LogP contribution in [0.25, 0.3) is 5.03 Å².